The van der Waals surface area contributed by atoms with E-state index < -0.39 is 18.6 Å². The van der Waals surface area contributed by atoms with E-state index in [9.17, 15) is 14.4 Å². The Hall–Kier alpha value is -3.42. The minimum Gasteiger partial charge on any atom is -0.482 e. The molecule has 8 heteroatoms. The summed E-state index contributed by atoms with van der Waals surface area (Å²) in [7, 11) is 0. The van der Waals surface area contributed by atoms with Crippen LogP contribution in [0.3, 0.4) is 0 Å². The Morgan fingerprint density at radius 1 is 1.14 bits per heavy atom. The molecular weight excluding hydrogens is 362 g/mol. The normalized spacial score (nSPS) is 15.2. The zero-order valence-corrected chi connectivity index (χ0v) is 15.4. The molecule has 0 radical (unpaired) electrons. The monoisotopic (exact) mass is 383 g/mol. The van der Waals surface area contributed by atoms with Crippen molar-refractivity contribution >= 4 is 23.3 Å². The number of ether oxygens (including phenoxy) is 1. The fourth-order valence-corrected chi connectivity index (χ4v) is 3.11. The molecule has 2 aromatic rings. The molecule has 0 spiro atoms. The highest BCUT2D eigenvalue weighted by atomic mass is 16.5. The number of Topliss-reactive ketones (excluding diaryl/α,β-unsaturated/α-hetero) is 1. The molecule has 1 aromatic heterocycles. The van der Waals surface area contributed by atoms with E-state index in [0.717, 1.165) is 5.69 Å². The van der Waals surface area contributed by atoms with E-state index in [2.05, 4.69) is 4.98 Å². The van der Waals surface area contributed by atoms with Crippen LogP contribution < -0.4 is 9.64 Å². The lowest BCUT2D eigenvalue weighted by Crippen LogP contribution is -2.55. The first-order chi connectivity index (χ1) is 13.5. The van der Waals surface area contributed by atoms with Crippen molar-refractivity contribution in [2.75, 3.05) is 31.1 Å². The van der Waals surface area contributed by atoms with Crippen molar-refractivity contribution in [2.24, 2.45) is 0 Å². The van der Waals surface area contributed by atoms with Crippen LogP contribution in [0.5, 0.6) is 5.75 Å². The number of carbonyl (C=O) groups is 3. The number of hydrogen-bond donors (Lipinski definition) is 1. The number of anilines is 1. The Kier molecular flexibility index (Phi) is 5.88. The number of carboxylic acids is 1. The van der Waals surface area contributed by atoms with E-state index in [4.69, 9.17) is 9.84 Å². The van der Waals surface area contributed by atoms with Crippen LogP contribution in [0.25, 0.3) is 0 Å². The number of hydrogen-bond acceptors (Lipinski definition) is 6. The van der Waals surface area contributed by atoms with Crippen molar-refractivity contribution in [1.82, 2.24) is 9.88 Å². The SMILES string of the molecule is CC(C(=O)c1ccc(OCC(=O)O)cc1)N1CCN(c2ccncc2)CC1=O. The van der Waals surface area contributed by atoms with Crippen LogP contribution in [0.2, 0.25) is 0 Å². The molecule has 0 aliphatic carbocycles. The van der Waals surface area contributed by atoms with Crippen molar-refractivity contribution in [2.45, 2.75) is 13.0 Å². The molecule has 28 heavy (non-hydrogen) atoms. The number of aliphatic carboxylic acids is 1. The molecule has 8 nitrogen and oxygen atoms in total. The van der Waals surface area contributed by atoms with Gasteiger partial charge in [0.2, 0.25) is 5.91 Å². The predicted molar refractivity (Wildman–Crippen MR) is 102 cm³/mol. The number of aromatic nitrogens is 1. The van der Waals surface area contributed by atoms with Gasteiger partial charge in [0, 0.05) is 36.7 Å². The first kappa shape index (κ1) is 19.3. The van der Waals surface area contributed by atoms with Gasteiger partial charge in [-0.3, -0.25) is 14.6 Å². The van der Waals surface area contributed by atoms with Crippen LogP contribution in [0, 0.1) is 0 Å². The molecule has 1 fully saturated rings. The molecular formula is C20H21N3O5. The van der Waals surface area contributed by atoms with Crippen molar-refractivity contribution in [3.63, 3.8) is 0 Å². The first-order valence-corrected chi connectivity index (χ1v) is 8.89. The third-order valence-corrected chi connectivity index (χ3v) is 4.63. The lowest BCUT2D eigenvalue weighted by atomic mass is 10.0. The highest BCUT2D eigenvalue weighted by Gasteiger charge is 2.31. The summed E-state index contributed by atoms with van der Waals surface area (Å²) < 4.78 is 5.06. The molecule has 1 unspecified atom stereocenters. The number of rotatable bonds is 7. The molecule has 1 aromatic carbocycles. The topological polar surface area (TPSA) is 100 Å². The molecule has 2 heterocycles. The molecule has 1 atom stereocenters. The van der Waals surface area contributed by atoms with Gasteiger partial charge in [-0.15, -0.1) is 0 Å². The lowest BCUT2D eigenvalue weighted by Gasteiger charge is -2.38. The maximum atomic E-state index is 12.8. The van der Waals surface area contributed by atoms with Crippen molar-refractivity contribution < 1.29 is 24.2 Å². The highest BCUT2D eigenvalue weighted by molar-refractivity contribution is 6.02. The Bertz CT molecular complexity index is 854. The number of piperazine rings is 1. The molecule has 1 saturated heterocycles. The van der Waals surface area contributed by atoms with Crippen LogP contribution in [0.15, 0.2) is 48.8 Å². The number of carbonyl (C=O) groups excluding carboxylic acids is 2. The van der Waals surface area contributed by atoms with Crippen LogP contribution >= 0.6 is 0 Å². The lowest BCUT2D eigenvalue weighted by molar-refractivity contribution is -0.139. The van der Waals surface area contributed by atoms with Crippen LogP contribution in [-0.2, 0) is 9.59 Å². The van der Waals surface area contributed by atoms with E-state index in [1.807, 2.05) is 17.0 Å². The van der Waals surface area contributed by atoms with E-state index in [1.165, 1.54) is 0 Å². The van der Waals surface area contributed by atoms with Crippen LogP contribution in [-0.4, -0.2) is 64.9 Å². The van der Waals surface area contributed by atoms with Crippen molar-refractivity contribution in [1.29, 1.82) is 0 Å². The minimum atomic E-state index is -1.07. The fraction of sp³-hybridized carbons (Fsp3) is 0.300. The van der Waals surface area contributed by atoms with Crippen molar-refractivity contribution in [3.05, 3.63) is 54.4 Å². The van der Waals surface area contributed by atoms with Crippen LogP contribution in [0.1, 0.15) is 17.3 Å². The fourth-order valence-electron chi connectivity index (χ4n) is 3.11. The standard InChI is InChI=1S/C20H21N3O5/c1-14(20(27)15-2-4-17(5-3-15)28-13-19(25)26)23-11-10-22(12-18(23)24)16-6-8-21-9-7-16/h2-9,14H,10-13H2,1H3,(H,25,26). The Morgan fingerprint density at radius 3 is 2.43 bits per heavy atom. The summed E-state index contributed by atoms with van der Waals surface area (Å²) in [6.45, 7) is 2.57. The first-order valence-electron chi connectivity index (χ1n) is 8.89. The Balaban J connectivity index is 1.62. The molecule has 0 saturated carbocycles. The molecule has 0 bridgehead atoms. The second-order valence-corrected chi connectivity index (χ2v) is 6.46. The van der Waals surface area contributed by atoms with Gasteiger partial charge in [0.05, 0.1) is 12.6 Å². The van der Waals surface area contributed by atoms with Gasteiger partial charge in [0.15, 0.2) is 12.4 Å². The van der Waals surface area contributed by atoms with Gasteiger partial charge < -0.3 is 19.6 Å². The van der Waals surface area contributed by atoms with Crippen LogP contribution in [0.4, 0.5) is 5.69 Å². The average Bonchev–Trinajstić information content (AvgIpc) is 2.72. The zero-order chi connectivity index (χ0) is 20.1. The number of pyridine rings is 1. The highest BCUT2D eigenvalue weighted by Crippen LogP contribution is 2.19. The molecule has 1 amide bonds. The third kappa shape index (κ3) is 4.46. The smallest absolute Gasteiger partial charge is 0.341 e. The predicted octanol–water partition coefficient (Wildman–Crippen LogP) is 1.47. The molecule has 1 aliphatic heterocycles. The largest absolute Gasteiger partial charge is 0.482 e. The van der Waals surface area contributed by atoms with E-state index in [-0.39, 0.29) is 18.2 Å². The van der Waals surface area contributed by atoms with Gasteiger partial charge >= 0.3 is 5.97 Å². The van der Waals surface area contributed by atoms with E-state index in [1.54, 1.807) is 48.5 Å². The molecule has 146 valence electrons. The second-order valence-electron chi connectivity index (χ2n) is 6.46. The quantitative estimate of drug-likeness (QED) is 0.723. The van der Waals surface area contributed by atoms with Crippen molar-refractivity contribution in [3.8, 4) is 5.75 Å². The van der Waals surface area contributed by atoms with E-state index >= 15 is 0 Å². The van der Waals surface area contributed by atoms with Gasteiger partial charge in [-0.1, -0.05) is 0 Å². The minimum absolute atomic E-state index is 0.106. The van der Waals surface area contributed by atoms with Gasteiger partial charge in [-0.05, 0) is 43.3 Å². The second kappa shape index (κ2) is 8.51. The summed E-state index contributed by atoms with van der Waals surface area (Å²) in [5.74, 6) is -0.979. The molecule has 1 aliphatic rings. The van der Waals surface area contributed by atoms with E-state index in [0.29, 0.717) is 24.4 Å². The summed E-state index contributed by atoms with van der Waals surface area (Å²) >= 11 is 0. The summed E-state index contributed by atoms with van der Waals surface area (Å²) in [5.41, 5.74) is 1.37. The number of ketones is 1. The summed E-state index contributed by atoms with van der Waals surface area (Å²) in [4.78, 5) is 43.4. The maximum Gasteiger partial charge on any atom is 0.341 e. The van der Waals surface area contributed by atoms with Gasteiger partial charge in [0.1, 0.15) is 5.75 Å². The average molecular weight is 383 g/mol. The number of nitrogens with zero attached hydrogens (tertiary/aromatic N) is 3. The van der Waals surface area contributed by atoms with Gasteiger partial charge in [-0.25, -0.2) is 4.79 Å². The molecule has 1 N–H and O–H groups in total. The number of carboxylic acid groups (broad SMARTS) is 1. The van der Waals surface area contributed by atoms with Gasteiger partial charge in [-0.2, -0.15) is 0 Å². The summed E-state index contributed by atoms with van der Waals surface area (Å²) in [6, 6.07) is 9.37. The maximum absolute atomic E-state index is 12.8. The summed E-state index contributed by atoms with van der Waals surface area (Å²) in [5, 5.41) is 8.63. The molecule has 3 rings (SSSR count). The number of benzene rings is 1. The number of amides is 1. The summed E-state index contributed by atoms with van der Waals surface area (Å²) in [6.07, 6.45) is 3.37. The third-order valence-electron chi connectivity index (χ3n) is 4.63. The Morgan fingerprint density at radius 2 is 1.82 bits per heavy atom. The Labute approximate surface area is 162 Å². The van der Waals surface area contributed by atoms with Gasteiger partial charge in [0.25, 0.3) is 0 Å². The zero-order valence-electron chi connectivity index (χ0n) is 15.4.